The molecule has 1 fully saturated rings. The van der Waals surface area contributed by atoms with Crippen LogP contribution in [0, 0.1) is 18.8 Å². The predicted molar refractivity (Wildman–Crippen MR) is 78.9 cm³/mol. The van der Waals surface area contributed by atoms with Gasteiger partial charge >= 0.3 is 0 Å². The summed E-state index contributed by atoms with van der Waals surface area (Å²) in [6.07, 6.45) is 5.92. The Hall–Kier alpha value is -0.630. The van der Waals surface area contributed by atoms with E-state index < -0.39 is 0 Å². The van der Waals surface area contributed by atoms with Gasteiger partial charge in [0.2, 0.25) is 0 Å². The van der Waals surface area contributed by atoms with Crippen LogP contribution < -0.4 is 0 Å². The molecule has 1 aromatic rings. The molecule has 2 rings (SSSR count). The number of carbonyl (C=O) groups excluding carboxylic acids is 1. The quantitative estimate of drug-likeness (QED) is 0.705. The van der Waals surface area contributed by atoms with Crippen molar-refractivity contribution in [1.29, 1.82) is 0 Å². The predicted octanol–water partition coefficient (Wildman–Crippen LogP) is 5.16. The summed E-state index contributed by atoms with van der Waals surface area (Å²) >= 11 is 3.52. The van der Waals surface area contributed by atoms with Gasteiger partial charge in [-0.25, -0.2) is 0 Å². The Morgan fingerprint density at radius 1 is 1.33 bits per heavy atom. The fourth-order valence-corrected chi connectivity index (χ4v) is 3.38. The van der Waals surface area contributed by atoms with Crippen molar-refractivity contribution in [3.63, 3.8) is 0 Å². The van der Waals surface area contributed by atoms with Crippen molar-refractivity contribution in [2.24, 2.45) is 11.8 Å². The van der Waals surface area contributed by atoms with Gasteiger partial charge in [-0.15, -0.1) is 0 Å². The van der Waals surface area contributed by atoms with Crippen LogP contribution in [-0.4, -0.2) is 5.78 Å². The zero-order chi connectivity index (χ0) is 13.1. The van der Waals surface area contributed by atoms with E-state index in [1.807, 2.05) is 25.1 Å². The minimum Gasteiger partial charge on any atom is -0.294 e. The first-order valence-corrected chi connectivity index (χ1v) is 7.73. The first-order chi connectivity index (χ1) is 8.63. The molecule has 18 heavy (non-hydrogen) atoms. The SMILES string of the molecule is CCC1CCCCC1C(=O)c1ccc(C)c(Br)c1. The van der Waals surface area contributed by atoms with Gasteiger partial charge in [-0.3, -0.25) is 4.79 Å². The van der Waals surface area contributed by atoms with E-state index >= 15 is 0 Å². The summed E-state index contributed by atoms with van der Waals surface area (Å²) in [4.78, 5) is 12.6. The van der Waals surface area contributed by atoms with Crippen LogP contribution in [0.5, 0.6) is 0 Å². The van der Waals surface area contributed by atoms with Crippen molar-refractivity contribution in [2.75, 3.05) is 0 Å². The van der Waals surface area contributed by atoms with Crippen LogP contribution in [0.3, 0.4) is 0 Å². The van der Waals surface area contributed by atoms with E-state index in [1.54, 1.807) is 0 Å². The summed E-state index contributed by atoms with van der Waals surface area (Å²) in [5, 5.41) is 0. The monoisotopic (exact) mass is 308 g/mol. The van der Waals surface area contributed by atoms with Crippen LogP contribution in [0.4, 0.5) is 0 Å². The number of hydrogen-bond acceptors (Lipinski definition) is 1. The third kappa shape index (κ3) is 2.85. The Balaban J connectivity index is 2.21. The van der Waals surface area contributed by atoms with Crippen LogP contribution in [0.25, 0.3) is 0 Å². The van der Waals surface area contributed by atoms with E-state index in [4.69, 9.17) is 0 Å². The van der Waals surface area contributed by atoms with Crippen LogP contribution in [0.2, 0.25) is 0 Å². The van der Waals surface area contributed by atoms with Gasteiger partial charge in [-0.1, -0.05) is 54.2 Å². The molecule has 0 saturated heterocycles. The highest BCUT2D eigenvalue weighted by atomic mass is 79.9. The summed E-state index contributed by atoms with van der Waals surface area (Å²) in [5.41, 5.74) is 2.06. The second-order valence-corrected chi connectivity index (χ2v) is 6.24. The summed E-state index contributed by atoms with van der Waals surface area (Å²) in [6, 6.07) is 5.99. The molecule has 0 radical (unpaired) electrons. The van der Waals surface area contributed by atoms with E-state index in [0.717, 1.165) is 22.9 Å². The number of carbonyl (C=O) groups is 1. The third-order valence-corrected chi connectivity index (χ3v) is 5.08. The number of benzene rings is 1. The second kappa shape index (κ2) is 6.01. The van der Waals surface area contributed by atoms with Crippen molar-refractivity contribution < 1.29 is 4.79 Å². The molecule has 1 nitrogen and oxygen atoms in total. The maximum Gasteiger partial charge on any atom is 0.166 e. The van der Waals surface area contributed by atoms with Gasteiger partial charge in [0.15, 0.2) is 5.78 Å². The van der Waals surface area contributed by atoms with Gasteiger partial charge in [0.1, 0.15) is 0 Å². The highest BCUT2D eigenvalue weighted by Gasteiger charge is 2.30. The normalized spacial score (nSPS) is 23.9. The lowest BCUT2D eigenvalue weighted by atomic mass is 9.74. The zero-order valence-electron chi connectivity index (χ0n) is 11.2. The third-order valence-electron chi connectivity index (χ3n) is 4.23. The van der Waals surface area contributed by atoms with E-state index in [1.165, 1.54) is 24.8 Å². The summed E-state index contributed by atoms with van der Waals surface area (Å²) in [5.74, 6) is 1.19. The summed E-state index contributed by atoms with van der Waals surface area (Å²) in [7, 11) is 0. The number of halogens is 1. The molecule has 1 saturated carbocycles. The molecule has 0 aromatic heterocycles. The first kappa shape index (κ1) is 13.8. The molecule has 0 spiro atoms. The van der Waals surface area contributed by atoms with Gasteiger partial charge in [0.25, 0.3) is 0 Å². The van der Waals surface area contributed by atoms with Crippen molar-refractivity contribution in [3.05, 3.63) is 33.8 Å². The molecule has 0 aliphatic heterocycles. The minimum atomic E-state index is 0.248. The zero-order valence-corrected chi connectivity index (χ0v) is 12.8. The van der Waals surface area contributed by atoms with Gasteiger partial charge in [-0.05, 0) is 37.3 Å². The van der Waals surface area contributed by atoms with E-state index in [-0.39, 0.29) is 5.92 Å². The average molecular weight is 309 g/mol. The molecule has 0 N–H and O–H groups in total. The Labute approximate surface area is 118 Å². The summed E-state index contributed by atoms with van der Waals surface area (Å²) < 4.78 is 1.04. The van der Waals surface area contributed by atoms with Crippen molar-refractivity contribution >= 4 is 21.7 Å². The fourth-order valence-electron chi connectivity index (χ4n) is 3.00. The highest BCUT2D eigenvalue weighted by molar-refractivity contribution is 9.10. The molecule has 1 aliphatic carbocycles. The first-order valence-electron chi connectivity index (χ1n) is 6.94. The molecule has 1 aromatic carbocycles. The Kier molecular flexibility index (Phi) is 4.60. The van der Waals surface area contributed by atoms with E-state index in [2.05, 4.69) is 22.9 Å². The number of rotatable bonds is 3. The molecule has 2 atom stereocenters. The van der Waals surface area contributed by atoms with Gasteiger partial charge in [0, 0.05) is 16.0 Å². The van der Waals surface area contributed by atoms with Crippen LogP contribution >= 0.6 is 15.9 Å². The summed E-state index contributed by atoms with van der Waals surface area (Å²) in [6.45, 7) is 4.26. The van der Waals surface area contributed by atoms with Gasteiger partial charge in [-0.2, -0.15) is 0 Å². The van der Waals surface area contributed by atoms with Crippen LogP contribution in [-0.2, 0) is 0 Å². The standard InChI is InChI=1S/C16H21BrO/c1-3-12-6-4-5-7-14(12)16(18)13-9-8-11(2)15(17)10-13/h8-10,12,14H,3-7H2,1-2H3. The lowest BCUT2D eigenvalue weighted by Crippen LogP contribution is -2.27. The minimum absolute atomic E-state index is 0.248. The second-order valence-electron chi connectivity index (χ2n) is 5.39. The number of Topliss-reactive ketones (excluding diaryl/α,β-unsaturated/α-hetero) is 1. The maximum atomic E-state index is 12.6. The number of aryl methyl sites for hydroxylation is 1. The highest BCUT2D eigenvalue weighted by Crippen LogP contribution is 2.35. The lowest BCUT2D eigenvalue weighted by molar-refractivity contribution is 0.0820. The molecular weight excluding hydrogens is 288 g/mol. The van der Waals surface area contributed by atoms with Crippen molar-refractivity contribution in [1.82, 2.24) is 0 Å². The molecule has 0 bridgehead atoms. The topological polar surface area (TPSA) is 17.1 Å². The van der Waals surface area contributed by atoms with E-state index in [0.29, 0.717) is 11.7 Å². The number of ketones is 1. The molecule has 2 heteroatoms. The largest absolute Gasteiger partial charge is 0.294 e. The van der Waals surface area contributed by atoms with Gasteiger partial charge in [0.05, 0.1) is 0 Å². The van der Waals surface area contributed by atoms with Gasteiger partial charge < -0.3 is 0 Å². The molecule has 0 heterocycles. The van der Waals surface area contributed by atoms with E-state index in [9.17, 15) is 4.79 Å². The molecular formula is C16H21BrO. The van der Waals surface area contributed by atoms with Crippen molar-refractivity contribution in [3.8, 4) is 0 Å². The Morgan fingerprint density at radius 3 is 2.72 bits per heavy atom. The van der Waals surface area contributed by atoms with Crippen LogP contribution in [0.15, 0.2) is 22.7 Å². The molecule has 0 amide bonds. The molecule has 98 valence electrons. The lowest BCUT2D eigenvalue weighted by Gasteiger charge is -2.29. The Bertz CT molecular complexity index is 439. The van der Waals surface area contributed by atoms with Crippen LogP contribution in [0.1, 0.15) is 54.9 Å². The maximum absolute atomic E-state index is 12.6. The molecule has 2 unspecified atom stereocenters. The fraction of sp³-hybridized carbons (Fsp3) is 0.562. The Morgan fingerprint density at radius 2 is 2.06 bits per heavy atom. The smallest absolute Gasteiger partial charge is 0.166 e. The van der Waals surface area contributed by atoms with Crippen molar-refractivity contribution in [2.45, 2.75) is 46.0 Å². The molecule has 1 aliphatic rings. The number of hydrogen-bond donors (Lipinski definition) is 0. The average Bonchev–Trinajstić information content (AvgIpc) is 2.41.